The fraction of sp³-hybridized carbons (Fsp3) is 0.474. The Bertz CT molecular complexity index is 739. The Morgan fingerprint density at radius 2 is 2.11 bits per heavy atom. The number of hydrogen-bond donors (Lipinski definition) is 2. The van der Waals surface area contributed by atoms with Crippen LogP contribution in [0.4, 0.5) is 4.39 Å². The summed E-state index contributed by atoms with van der Waals surface area (Å²) in [5.74, 6) is -1.09. The number of carbonyl (C=O) groups is 1. The van der Waals surface area contributed by atoms with Crippen molar-refractivity contribution < 1.29 is 19.4 Å². The van der Waals surface area contributed by atoms with E-state index in [-0.39, 0.29) is 24.3 Å². The molecule has 1 aromatic rings. The maximum atomic E-state index is 13.1. The molecule has 2 N–H and O–H groups in total. The van der Waals surface area contributed by atoms with Crippen LogP contribution in [0, 0.1) is 5.82 Å². The van der Waals surface area contributed by atoms with Gasteiger partial charge in [0.25, 0.3) is 5.91 Å². The van der Waals surface area contributed by atoms with E-state index in [1.165, 1.54) is 30.0 Å². The molecule has 0 radical (unpaired) electrons. The molecule has 1 fully saturated rings. The van der Waals surface area contributed by atoms with Gasteiger partial charge in [-0.1, -0.05) is 13.8 Å². The first-order valence-electron chi connectivity index (χ1n) is 9.09. The van der Waals surface area contributed by atoms with Gasteiger partial charge in [0.15, 0.2) is 5.17 Å². The maximum Gasteiger partial charge on any atom is 0.286 e. The number of phenols is 1. The van der Waals surface area contributed by atoms with E-state index >= 15 is 0 Å². The number of thioether (sulfide) groups is 1. The first-order chi connectivity index (χ1) is 13.0. The quantitative estimate of drug-likeness (QED) is 0.766. The minimum absolute atomic E-state index is 0.134. The lowest BCUT2D eigenvalue weighted by molar-refractivity contribution is -0.113. The average molecular weight is 396 g/mol. The summed E-state index contributed by atoms with van der Waals surface area (Å²) in [7, 11) is 0. The fourth-order valence-corrected chi connectivity index (χ4v) is 4.00. The van der Waals surface area contributed by atoms with Gasteiger partial charge in [0.1, 0.15) is 11.6 Å². The van der Waals surface area contributed by atoms with Crippen LogP contribution in [0.25, 0.3) is 6.08 Å². The predicted octanol–water partition coefficient (Wildman–Crippen LogP) is 2.53. The highest BCUT2D eigenvalue weighted by molar-refractivity contribution is 8.18. The number of aliphatic hydroxyl groups excluding tert-OH is 1. The summed E-state index contributed by atoms with van der Waals surface area (Å²) in [5.41, 5.74) is 0.384. The van der Waals surface area contributed by atoms with Crippen LogP contribution in [0.1, 0.15) is 26.3 Å². The van der Waals surface area contributed by atoms with Crippen LogP contribution in [0.15, 0.2) is 28.1 Å². The summed E-state index contributed by atoms with van der Waals surface area (Å²) in [5, 5.41) is 19.5. The van der Waals surface area contributed by atoms with Gasteiger partial charge in [0.2, 0.25) is 0 Å². The zero-order valence-electron chi connectivity index (χ0n) is 15.9. The van der Waals surface area contributed by atoms with Crippen LogP contribution in [0.5, 0.6) is 5.75 Å². The molecule has 1 saturated heterocycles. The Balaban J connectivity index is 0.00000126. The highest BCUT2D eigenvalue weighted by atomic mass is 32.2. The number of benzene rings is 1. The number of phenolic OH excluding ortho intramolecular Hbond substituents is 1. The van der Waals surface area contributed by atoms with E-state index in [1.54, 1.807) is 0 Å². The maximum absolute atomic E-state index is 13.1. The largest absolute Gasteiger partial charge is 0.507 e. The van der Waals surface area contributed by atoms with Gasteiger partial charge in [-0.25, -0.2) is 4.39 Å². The minimum Gasteiger partial charge on any atom is -0.507 e. The van der Waals surface area contributed by atoms with Crippen LogP contribution in [-0.2, 0) is 4.79 Å². The molecular formula is C19H26FN3O3S. The van der Waals surface area contributed by atoms with Crippen molar-refractivity contribution in [2.24, 2.45) is 4.99 Å². The number of amidine groups is 1. The lowest BCUT2D eigenvalue weighted by Gasteiger charge is -2.40. The standard InChI is InChI=1S/C17H20FN3O3S.C2H6/c1-11-10-20(6-7-22)4-5-21(11)17-19-16(24)15(25-17)8-12-2-3-13(18)9-14(12)23;1-2/h2-3,8-9,11,22-23H,4-7,10H2,1H3;1-2H3/b15-8-;. The number of aliphatic imine (C=N–C) groups is 1. The van der Waals surface area contributed by atoms with Crippen LogP contribution in [0.3, 0.4) is 0 Å². The summed E-state index contributed by atoms with van der Waals surface area (Å²) in [6, 6.07) is 3.86. The topological polar surface area (TPSA) is 76.4 Å². The molecule has 1 amide bonds. The average Bonchev–Trinajstić information content (AvgIpc) is 3.00. The first kappa shape index (κ1) is 21.4. The van der Waals surface area contributed by atoms with E-state index in [1.807, 2.05) is 13.8 Å². The van der Waals surface area contributed by atoms with Crippen molar-refractivity contribution in [3.8, 4) is 5.75 Å². The van der Waals surface area contributed by atoms with Crippen molar-refractivity contribution in [2.75, 3.05) is 32.8 Å². The van der Waals surface area contributed by atoms with Gasteiger partial charge >= 0.3 is 0 Å². The van der Waals surface area contributed by atoms with Crippen LogP contribution in [0.2, 0.25) is 0 Å². The van der Waals surface area contributed by atoms with Gasteiger partial charge in [-0.3, -0.25) is 9.69 Å². The van der Waals surface area contributed by atoms with Crippen LogP contribution < -0.4 is 0 Å². The molecule has 0 saturated carbocycles. The van der Waals surface area contributed by atoms with Gasteiger partial charge in [0, 0.05) is 43.9 Å². The number of nitrogens with zero attached hydrogens (tertiary/aromatic N) is 3. The number of carbonyl (C=O) groups excluding carboxylic acids is 1. The third kappa shape index (κ3) is 5.31. The Morgan fingerprint density at radius 1 is 1.37 bits per heavy atom. The molecule has 2 aliphatic rings. The first-order valence-corrected chi connectivity index (χ1v) is 9.90. The number of hydrogen-bond acceptors (Lipinski definition) is 6. The molecule has 0 aromatic heterocycles. The second-order valence-electron chi connectivity index (χ2n) is 6.08. The molecule has 27 heavy (non-hydrogen) atoms. The summed E-state index contributed by atoms with van der Waals surface area (Å²) in [6.07, 6.45) is 1.53. The summed E-state index contributed by atoms with van der Waals surface area (Å²) >= 11 is 1.27. The second-order valence-corrected chi connectivity index (χ2v) is 7.09. The molecule has 1 aromatic carbocycles. The SMILES string of the molecule is CC.CC1CN(CCO)CCN1C1=NC(=O)/C(=C/c2ccc(F)cc2O)S1. The molecule has 3 rings (SSSR count). The van der Waals surface area contributed by atoms with E-state index < -0.39 is 5.82 Å². The normalized spacial score (nSPS) is 21.9. The van der Waals surface area contributed by atoms with Gasteiger partial charge in [-0.2, -0.15) is 4.99 Å². The van der Waals surface area contributed by atoms with Gasteiger partial charge in [0.05, 0.1) is 11.5 Å². The predicted molar refractivity (Wildman–Crippen MR) is 107 cm³/mol. The van der Waals surface area contributed by atoms with Crippen molar-refractivity contribution in [1.82, 2.24) is 9.80 Å². The van der Waals surface area contributed by atoms with Crippen molar-refractivity contribution in [1.29, 1.82) is 0 Å². The molecule has 2 heterocycles. The van der Waals surface area contributed by atoms with E-state index in [0.29, 0.717) is 22.2 Å². The van der Waals surface area contributed by atoms with E-state index in [9.17, 15) is 14.3 Å². The number of amides is 1. The lowest BCUT2D eigenvalue weighted by atomic mass is 10.2. The molecular weight excluding hydrogens is 369 g/mol. The Kier molecular flexibility index (Phi) is 7.82. The van der Waals surface area contributed by atoms with Crippen molar-refractivity contribution in [3.63, 3.8) is 0 Å². The fourth-order valence-electron chi connectivity index (χ4n) is 2.96. The molecule has 2 aliphatic heterocycles. The van der Waals surface area contributed by atoms with Crippen LogP contribution in [-0.4, -0.2) is 69.9 Å². The van der Waals surface area contributed by atoms with Crippen molar-refractivity contribution in [3.05, 3.63) is 34.5 Å². The molecule has 1 unspecified atom stereocenters. The van der Waals surface area contributed by atoms with Gasteiger partial charge in [-0.15, -0.1) is 0 Å². The van der Waals surface area contributed by atoms with E-state index in [0.717, 1.165) is 25.7 Å². The zero-order valence-corrected chi connectivity index (χ0v) is 16.7. The van der Waals surface area contributed by atoms with E-state index in [2.05, 4.69) is 21.7 Å². The van der Waals surface area contributed by atoms with E-state index in [4.69, 9.17) is 5.11 Å². The Morgan fingerprint density at radius 3 is 2.74 bits per heavy atom. The summed E-state index contributed by atoms with van der Waals surface area (Å²) in [6.45, 7) is 9.17. The number of piperazine rings is 1. The Hall–Kier alpha value is -1.90. The molecule has 0 bridgehead atoms. The van der Waals surface area contributed by atoms with Gasteiger partial charge in [-0.05, 0) is 36.9 Å². The number of aliphatic hydroxyl groups is 1. The van der Waals surface area contributed by atoms with Crippen LogP contribution >= 0.6 is 11.8 Å². The monoisotopic (exact) mass is 395 g/mol. The molecule has 6 nitrogen and oxygen atoms in total. The molecule has 0 spiro atoms. The number of β-amino-alcohol motifs (C(OH)–C–C–N with tert-alkyl or cyclic N) is 1. The summed E-state index contributed by atoms with van der Waals surface area (Å²) in [4.78, 5) is 21.0. The minimum atomic E-state index is -0.531. The third-order valence-electron chi connectivity index (χ3n) is 4.26. The molecule has 148 valence electrons. The third-order valence-corrected chi connectivity index (χ3v) is 5.28. The van der Waals surface area contributed by atoms with Crippen molar-refractivity contribution >= 4 is 28.9 Å². The smallest absolute Gasteiger partial charge is 0.286 e. The number of halogens is 1. The molecule has 8 heteroatoms. The summed E-state index contributed by atoms with van der Waals surface area (Å²) < 4.78 is 13.1. The Labute approximate surface area is 163 Å². The second kappa shape index (κ2) is 9.87. The highest BCUT2D eigenvalue weighted by Gasteiger charge is 2.32. The lowest BCUT2D eigenvalue weighted by Crippen LogP contribution is -2.53. The molecule has 0 aliphatic carbocycles. The highest BCUT2D eigenvalue weighted by Crippen LogP contribution is 2.33. The number of aromatic hydroxyl groups is 1. The van der Waals surface area contributed by atoms with Crippen molar-refractivity contribution in [2.45, 2.75) is 26.8 Å². The zero-order chi connectivity index (χ0) is 20.0. The molecule has 1 atom stereocenters. The number of rotatable bonds is 3. The van der Waals surface area contributed by atoms with Gasteiger partial charge < -0.3 is 15.1 Å².